The molecule has 0 bridgehead atoms. The monoisotopic (exact) mass is 257 g/mol. The Labute approximate surface area is 102 Å². The lowest BCUT2D eigenvalue weighted by Crippen LogP contribution is -2.25. The zero-order chi connectivity index (χ0) is 12.8. The van der Waals surface area contributed by atoms with Crippen molar-refractivity contribution in [3.63, 3.8) is 0 Å². The Bertz CT molecular complexity index is 433. The van der Waals surface area contributed by atoms with Gasteiger partial charge in [-0.2, -0.15) is 0 Å². The summed E-state index contributed by atoms with van der Waals surface area (Å²) in [4.78, 5) is 11.6. The SMILES string of the molecule is CS(=O)CCCNC(=O)c1cccc(O)c1O. The summed E-state index contributed by atoms with van der Waals surface area (Å²) in [7, 11) is -0.874. The Hall–Kier alpha value is -1.56. The predicted octanol–water partition coefficient (Wildman–Crippen LogP) is 0.596. The summed E-state index contributed by atoms with van der Waals surface area (Å²) in [6, 6.07) is 4.19. The number of phenols is 2. The quantitative estimate of drug-likeness (QED) is 0.532. The number of nitrogens with one attached hydrogen (secondary N) is 1. The van der Waals surface area contributed by atoms with Crippen LogP contribution in [0.5, 0.6) is 11.5 Å². The molecule has 0 spiro atoms. The van der Waals surface area contributed by atoms with E-state index in [0.29, 0.717) is 18.7 Å². The van der Waals surface area contributed by atoms with E-state index >= 15 is 0 Å². The average molecular weight is 257 g/mol. The van der Waals surface area contributed by atoms with Gasteiger partial charge in [0.25, 0.3) is 5.91 Å². The Morgan fingerprint density at radius 1 is 1.41 bits per heavy atom. The molecule has 0 fully saturated rings. The Balaban J connectivity index is 2.53. The van der Waals surface area contributed by atoms with Gasteiger partial charge in [0, 0.05) is 29.4 Å². The molecule has 5 nitrogen and oxygen atoms in total. The minimum absolute atomic E-state index is 0.0302. The summed E-state index contributed by atoms with van der Waals surface area (Å²) >= 11 is 0. The number of amides is 1. The minimum atomic E-state index is -0.874. The number of hydrogen-bond donors (Lipinski definition) is 3. The number of carbonyl (C=O) groups excluding carboxylic acids is 1. The maximum Gasteiger partial charge on any atom is 0.255 e. The van der Waals surface area contributed by atoms with Crippen molar-refractivity contribution in [2.75, 3.05) is 18.6 Å². The van der Waals surface area contributed by atoms with Gasteiger partial charge in [-0.3, -0.25) is 9.00 Å². The maximum atomic E-state index is 11.6. The molecule has 0 radical (unpaired) electrons. The van der Waals surface area contributed by atoms with E-state index in [-0.39, 0.29) is 11.3 Å². The fraction of sp³-hybridized carbons (Fsp3) is 0.364. The van der Waals surface area contributed by atoms with Gasteiger partial charge in [0.15, 0.2) is 11.5 Å². The molecule has 94 valence electrons. The van der Waals surface area contributed by atoms with E-state index in [1.54, 1.807) is 6.26 Å². The van der Waals surface area contributed by atoms with Crippen molar-refractivity contribution in [1.29, 1.82) is 0 Å². The fourth-order valence-electron chi connectivity index (χ4n) is 1.29. The predicted molar refractivity (Wildman–Crippen MR) is 65.7 cm³/mol. The van der Waals surface area contributed by atoms with Crippen molar-refractivity contribution in [2.45, 2.75) is 6.42 Å². The standard InChI is InChI=1S/C11H15NO4S/c1-17(16)7-3-6-12-11(15)8-4-2-5-9(13)10(8)14/h2,4-5,13-14H,3,6-7H2,1H3,(H,12,15). The molecule has 1 aromatic rings. The normalized spacial score (nSPS) is 12.1. The summed E-state index contributed by atoms with van der Waals surface area (Å²) in [6.45, 7) is 0.382. The number of carbonyl (C=O) groups is 1. The van der Waals surface area contributed by atoms with Gasteiger partial charge in [0.1, 0.15) is 0 Å². The van der Waals surface area contributed by atoms with Crippen molar-refractivity contribution in [3.05, 3.63) is 23.8 Å². The smallest absolute Gasteiger partial charge is 0.255 e. The lowest BCUT2D eigenvalue weighted by Gasteiger charge is -2.07. The molecule has 1 unspecified atom stereocenters. The topological polar surface area (TPSA) is 86.6 Å². The van der Waals surface area contributed by atoms with E-state index < -0.39 is 22.5 Å². The second-order valence-electron chi connectivity index (χ2n) is 3.56. The summed E-state index contributed by atoms with van der Waals surface area (Å²) in [6.07, 6.45) is 2.21. The number of aromatic hydroxyl groups is 2. The van der Waals surface area contributed by atoms with Crippen molar-refractivity contribution >= 4 is 16.7 Å². The lowest BCUT2D eigenvalue weighted by atomic mass is 10.1. The van der Waals surface area contributed by atoms with Crippen LogP contribution in [0.25, 0.3) is 0 Å². The largest absolute Gasteiger partial charge is 0.504 e. The van der Waals surface area contributed by atoms with Crippen LogP contribution in [0.3, 0.4) is 0 Å². The molecule has 0 aliphatic carbocycles. The third-order valence-corrected chi connectivity index (χ3v) is 3.02. The lowest BCUT2D eigenvalue weighted by molar-refractivity contribution is 0.0950. The summed E-state index contributed by atoms with van der Waals surface area (Å²) in [5.74, 6) is -0.691. The number of benzene rings is 1. The molecule has 3 N–H and O–H groups in total. The van der Waals surface area contributed by atoms with Crippen LogP contribution in [-0.4, -0.2) is 38.9 Å². The molecular weight excluding hydrogens is 242 g/mol. The van der Waals surface area contributed by atoms with E-state index in [1.165, 1.54) is 18.2 Å². The summed E-state index contributed by atoms with van der Waals surface area (Å²) in [5.41, 5.74) is 0.0302. The van der Waals surface area contributed by atoms with E-state index in [9.17, 15) is 19.2 Å². The van der Waals surface area contributed by atoms with Gasteiger partial charge in [-0.1, -0.05) is 6.07 Å². The second-order valence-corrected chi connectivity index (χ2v) is 5.11. The van der Waals surface area contributed by atoms with Crippen molar-refractivity contribution < 1.29 is 19.2 Å². The van der Waals surface area contributed by atoms with Gasteiger partial charge in [0.05, 0.1) is 5.56 Å². The highest BCUT2D eigenvalue weighted by molar-refractivity contribution is 7.84. The van der Waals surface area contributed by atoms with Gasteiger partial charge >= 0.3 is 0 Å². The molecule has 0 aromatic heterocycles. The van der Waals surface area contributed by atoms with E-state index in [4.69, 9.17) is 0 Å². The van der Waals surface area contributed by atoms with E-state index in [2.05, 4.69) is 5.32 Å². The number of hydrogen-bond acceptors (Lipinski definition) is 4. The molecule has 1 aromatic carbocycles. The number of rotatable bonds is 5. The van der Waals surface area contributed by atoms with Crippen molar-refractivity contribution in [1.82, 2.24) is 5.32 Å². The van der Waals surface area contributed by atoms with Crippen LogP contribution in [0.1, 0.15) is 16.8 Å². The molecule has 1 atom stereocenters. The Morgan fingerprint density at radius 2 is 2.12 bits per heavy atom. The van der Waals surface area contributed by atoms with Crippen molar-refractivity contribution in [2.24, 2.45) is 0 Å². The van der Waals surface area contributed by atoms with Crippen LogP contribution in [0.15, 0.2) is 18.2 Å². The molecule has 1 amide bonds. The highest BCUT2D eigenvalue weighted by atomic mass is 32.2. The van der Waals surface area contributed by atoms with Gasteiger partial charge in [-0.15, -0.1) is 0 Å². The zero-order valence-corrected chi connectivity index (χ0v) is 10.3. The average Bonchev–Trinajstić information content (AvgIpc) is 2.27. The first kappa shape index (κ1) is 13.5. The third kappa shape index (κ3) is 4.07. The highest BCUT2D eigenvalue weighted by Gasteiger charge is 2.12. The molecule has 6 heteroatoms. The van der Waals surface area contributed by atoms with Gasteiger partial charge in [0.2, 0.25) is 0 Å². The van der Waals surface area contributed by atoms with Gasteiger partial charge in [-0.25, -0.2) is 0 Å². The van der Waals surface area contributed by atoms with Crippen LogP contribution < -0.4 is 5.32 Å². The number of para-hydroxylation sites is 1. The van der Waals surface area contributed by atoms with Gasteiger partial charge < -0.3 is 15.5 Å². The molecule has 0 saturated carbocycles. The van der Waals surface area contributed by atoms with E-state index in [0.717, 1.165) is 0 Å². The summed E-state index contributed by atoms with van der Waals surface area (Å²) in [5, 5.41) is 21.3. The molecular formula is C11H15NO4S. The number of phenolic OH excluding ortho intramolecular Hbond substituents is 2. The first-order valence-corrected chi connectivity index (χ1v) is 6.84. The molecule has 0 aliphatic rings. The molecule has 17 heavy (non-hydrogen) atoms. The molecule has 0 saturated heterocycles. The molecule has 0 heterocycles. The van der Waals surface area contributed by atoms with Crippen LogP contribution in [0, 0.1) is 0 Å². The van der Waals surface area contributed by atoms with E-state index in [1.807, 2.05) is 0 Å². The van der Waals surface area contributed by atoms with Crippen LogP contribution in [-0.2, 0) is 10.8 Å². The maximum absolute atomic E-state index is 11.6. The Morgan fingerprint density at radius 3 is 2.76 bits per heavy atom. The van der Waals surface area contributed by atoms with Gasteiger partial charge in [-0.05, 0) is 18.6 Å². The fourth-order valence-corrected chi connectivity index (χ4v) is 1.84. The minimum Gasteiger partial charge on any atom is -0.504 e. The summed E-state index contributed by atoms with van der Waals surface area (Å²) < 4.78 is 10.8. The zero-order valence-electron chi connectivity index (χ0n) is 9.47. The third-order valence-electron chi connectivity index (χ3n) is 2.15. The van der Waals surface area contributed by atoms with Crippen molar-refractivity contribution in [3.8, 4) is 11.5 Å². The highest BCUT2D eigenvalue weighted by Crippen LogP contribution is 2.27. The first-order chi connectivity index (χ1) is 8.02. The second kappa shape index (κ2) is 6.24. The van der Waals surface area contributed by atoms with Crippen LogP contribution in [0.4, 0.5) is 0 Å². The van der Waals surface area contributed by atoms with Crippen LogP contribution >= 0.6 is 0 Å². The molecule has 0 aliphatic heterocycles. The molecule has 1 rings (SSSR count). The Kier molecular flexibility index (Phi) is 4.96. The first-order valence-electron chi connectivity index (χ1n) is 5.11. The van der Waals surface area contributed by atoms with Crippen LogP contribution in [0.2, 0.25) is 0 Å².